The van der Waals surface area contributed by atoms with Crippen molar-refractivity contribution in [2.24, 2.45) is 0 Å². The summed E-state index contributed by atoms with van der Waals surface area (Å²) in [5.41, 5.74) is 9.41. The quantitative estimate of drug-likeness (QED) is 0.304. The maximum absolute atomic E-state index is 13.1. The van der Waals surface area contributed by atoms with Crippen molar-refractivity contribution in [1.29, 1.82) is 0 Å². The molecule has 3 aromatic carbocycles. The van der Waals surface area contributed by atoms with Gasteiger partial charge in [0.15, 0.2) is 0 Å². The number of rotatable bonds is 9. The van der Waals surface area contributed by atoms with Crippen molar-refractivity contribution < 1.29 is 19.4 Å². The molecule has 35 heavy (non-hydrogen) atoms. The van der Waals surface area contributed by atoms with E-state index in [1.807, 2.05) is 36.4 Å². The van der Waals surface area contributed by atoms with Gasteiger partial charge in [-0.1, -0.05) is 42.5 Å². The van der Waals surface area contributed by atoms with Crippen LogP contribution in [0.25, 0.3) is 0 Å². The lowest BCUT2D eigenvalue weighted by Crippen LogP contribution is -2.44. The van der Waals surface area contributed by atoms with E-state index in [0.717, 1.165) is 16.7 Å². The minimum absolute atomic E-state index is 0.215. The second-order valence-corrected chi connectivity index (χ2v) is 9.67. The van der Waals surface area contributed by atoms with E-state index < -0.39 is 17.6 Å². The summed E-state index contributed by atoms with van der Waals surface area (Å²) in [7, 11) is 0. The average molecular weight is 475 g/mol. The first-order valence-electron chi connectivity index (χ1n) is 11.8. The molecular formula is C29H34N2O4. The zero-order valence-corrected chi connectivity index (χ0v) is 20.6. The van der Waals surface area contributed by atoms with Gasteiger partial charge < -0.3 is 20.9 Å². The van der Waals surface area contributed by atoms with Gasteiger partial charge in [-0.25, -0.2) is 4.79 Å². The third kappa shape index (κ3) is 8.18. The normalized spacial score (nSPS) is 12.1. The molecule has 6 heteroatoms. The Morgan fingerprint density at radius 2 is 1.63 bits per heavy atom. The first-order chi connectivity index (χ1) is 16.6. The number of phenolic OH excluding ortho intramolecular Hbond substituents is 1. The summed E-state index contributed by atoms with van der Waals surface area (Å²) >= 11 is 0. The molecule has 0 heterocycles. The number of nitrogens with two attached hydrogens (primary N) is 1. The molecule has 0 fully saturated rings. The van der Waals surface area contributed by atoms with E-state index >= 15 is 0 Å². The van der Waals surface area contributed by atoms with Gasteiger partial charge in [-0.15, -0.1) is 0 Å². The molecule has 1 amide bonds. The van der Waals surface area contributed by atoms with Crippen molar-refractivity contribution in [1.82, 2.24) is 5.32 Å². The number of esters is 1. The first kappa shape index (κ1) is 25.8. The number of hydrogen-bond acceptors (Lipinski definition) is 5. The number of phenols is 1. The minimum Gasteiger partial charge on any atom is -0.508 e. The molecule has 0 aliphatic heterocycles. The summed E-state index contributed by atoms with van der Waals surface area (Å²) in [6.45, 7) is 5.42. The number of aromatic hydroxyl groups is 1. The van der Waals surface area contributed by atoms with E-state index in [4.69, 9.17) is 10.5 Å². The molecule has 3 rings (SSSR count). The molecule has 4 N–H and O–H groups in total. The van der Waals surface area contributed by atoms with Gasteiger partial charge in [-0.2, -0.15) is 0 Å². The van der Waals surface area contributed by atoms with E-state index in [-0.39, 0.29) is 11.7 Å². The highest BCUT2D eigenvalue weighted by atomic mass is 16.6. The number of benzene rings is 3. The Morgan fingerprint density at radius 3 is 2.31 bits per heavy atom. The number of nitrogens with one attached hydrogen (secondary N) is 1. The zero-order valence-electron chi connectivity index (χ0n) is 20.6. The van der Waals surface area contributed by atoms with E-state index in [9.17, 15) is 14.7 Å². The molecule has 0 bridgehead atoms. The van der Waals surface area contributed by atoms with Crippen LogP contribution in [0.5, 0.6) is 5.75 Å². The number of carbonyl (C=O) groups excluding carboxylic acids is 2. The highest BCUT2D eigenvalue weighted by Gasteiger charge is 2.27. The number of nitrogen functional groups attached to an aromatic ring is 1. The van der Waals surface area contributed by atoms with E-state index in [2.05, 4.69) is 5.32 Å². The molecule has 0 aliphatic carbocycles. The van der Waals surface area contributed by atoms with E-state index in [0.29, 0.717) is 36.9 Å². The molecule has 6 nitrogen and oxygen atoms in total. The lowest BCUT2D eigenvalue weighted by Gasteiger charge is -2.25. The molecule has 0 aromatic heterocycles. The second kappa shape index (κ2) is 11.6. The lowest BCUT2D eigenvalue weighted by molar-refractivity contribution is -0.157. The zero-order chi connectivity index (χ0) is 25.4. The van der Waals surface area contributed by atoms with Gasteiger partial charge in [0.1, 0.15) is 17.4 Å². The molecule has 0 saturated heterocycles. The Labute approximate surface area is 207 Å². The maximum atomic E-state index is 13.1. The lowest BCUT2D eigenvalue weighted by atomic mass is 10.00. The Balaban J connectivity index is 1.72. The van der Waals surface area contributed by atoms with Gasteiger partial charge in [0.25, 0.3) is 5.91 Å². The summed E-state index contributed by atoms with van der Waals surface area (Å²) in [6.07, 6.45) is 2.33. The predicted octanol–water partition coefficient (Wildman–Crippen LogP) is 4.83. The number of anilines is 1. The molecule has 0 saturated carbocycles. The number of amides is 1. The van der Waals surface area contributed by atoms with Gasteiger partial charge in [0.05, 0.1) is 0 Å². The summed E-state index contributed by atoms with van der Waals surface area (Å²) in [5, 5.41) is 12.5. The van der Waals surface area contributed by atoms with Crippen molar-refractivity contribution in [2.75, 3.05) is 5.73 Å². The van der Waals surface area contributed by atoms with Gasteiger partial charge in [-0.05, 0) is 93.5 Å². The van der Waals surface area contributed by atoms with Gasteiger partial charge in [0.2, 0.25) is 0 Å². The number of ether oxygens (including phenoxy) is 1. The van der Waals surface area contributed by atoms with Crippen molar-refractivity contribution in [3.05, 3.63) is 95.1 Å². The van der Waals surface area contributed by atoms with Crippen LogP contribution < -0.4 is 11.1 Å². The molecule has 184 valence electrons. The van der Waals surface area contributed by atoms with Gasteiger partial charge in [-0.3, -0.25) is 4.79 Å². The summed E-state index contributed by atoms with van der Waals surface area (Å²) in [5.74, 6) is -0.596. The summed E-state index contributed by atoms with van der Waals surface area (Å²) in [4.78, 5) is 26.0. The van der Waals surface area contributed by atoms with Crippen molar-refractivity contribution in [3.63, 3.8) is 0 Å². The van der Waals surface area contributed by atoms with Crippen LogP contribution in [0.3, 0.4) is 0 Å². The van der Waals surface area contributed by atoms with Crippen LogP contribution in [0.2, 0.25) is 0 Å². The fourth-order valence-corrected chi connectivity index (χ4v) is 3.77. The van der Waals surface area contributed by atoms with E-state index in [1.165, 1.54) is 0 Å². The largest absolute Gasteiger partial charge is 0.508 e. The highest BCUT2D eigenvalue weighted by Crippen LogP contribution is 2.19. The van der Waals surface area contributed by atoms with Crippen LogP contribution >= 0.6 is 0 Å². The molecule has 1 atom stereocenters. The third-order valence-electron chi connectivity index (χ3n) is 5.56. The molecule has 3 aromatic rings. The van der Waals surface area contributed by atoms with Crippen LogP contribution in [0.1, 0.15) is 54.2 Å². The first-order valence-corrected chi connectivity index (χ1v) is 11.8. The molecule has 0 radical (unpaired) electrons. The molecular weight excluding hydrogens is 440 g/mol. The van der Waals surface area contributed by atoms with Crippen molar-refractivity contribution in [3.8, 4) is 5.75 Å². The van der Waals surface area contributed by atoms with Gasteiger partial charge in [0, 0.05) is 11.3 Å². The van der Waals surface area contributed by atoms with Gasteiger partial charge >= 0.3 is 5.97 Å². The highest BCUT2D eigenvalue weighted by molar-refractivity contribution is 5.97. The summed E-state index contributed by atoms with van der Waals surface area (Å²) < 4.78 is 5.57. The maximum Gasteiger partial charge on any atom is 0.329 e. The number of carbonyl (C=O) groups is 2. The minimum atomic E-state index is -0.782. The monoisotopic (exact) mass is 474 g/mol. The van der Waals surface area contributed by atoms with Crippen LogP contribution in [0.15, 0.2) is 72.8 Å². The molecule has 0 aliphatic rings. The van der Waals surface area contributed by atoms with Crippen LogP contribution in [-0.2, 0) is 28.8 Å². The smallest absolute Gasteiger partial charge is 0.329 e. The Hall–Kier alpha value is -3.80. The third-order valence-corrected chi connectivity index (χ3v) is 5.56. The average Bonchev–Trinajstić information content (AvgIpc) is 2.80. The van der Waals surface area contributed by atoms with Crippen LogP contribution in [0.4, 0.5) is 5.69 Å². The fraction of sp³-hybridized carbons (Fsp3) is 0.310. The van der Waals surface area contributed by atoms with Crippen molar-refractivity contribution in [2.45, 2.75) is 58.1 Å². The Morgan fingerprint density at radius 1 is 0.914 bits per heavy atom. The molecule has 0 spiro atoms. The molecule has 0 unspecified atom stereocenters. The topological polar surface area (TPSA) is 102 Å². The Kier molecular flexibility index (Phi) is 8.53. The van der Waals surface area contributed by atoms with E-state index in [1.54, 1.807) is 57.2 Å². The second-order valence-electron chi connectivity index (χ2n) is 9.67. The predicted molar refractivity (Wildman–Crippen MR) is 138 cm³/mol. The SMILES string of the molecule is CC(C)(C)OC(=O)[C@H](CCc1ccccc1)NC(=O)c1ccc(N)c(CCc2cccc(O)c2)c1. The van der Waals surface area contributed by atoms with Crippen LogP contribution in [0, 0.1) is 0 Å². The van der Waals surface area contributed by atoms with Crippen molar-refractivity contribution >= 4 is 17.6 Å². The number of hydrogen-bond donors (Lipinski definition) is 3. The Bertz CT molecular complexity index is 1150. The standard InChI is InChI=1S/C29H34N2O4/c1-29(2,3)35-28(34)26(17-13-20-8-5-4-6-9-20)31-27(33)23-15-16-25(30)22(19-23)14-12-21-10-7-11-24(32)18-21/h4-11,15-16,18-19,26,32H,12-14,17,30H2,1-3H3,(H,31,33)/t26-/m0/s1. The number of aryl methyl sites for hydroxylation is 3. The summed E-state index contributed by atoms with van der Waals surface area (Å²) in [6, 6.07) is 21.2. The fourth-order valence-electron chi connectivity index (χ4n) is 3.77. The van der Waals surface area contributed by atoms with Crippen LogP contribution in [-0.4, -0.2) is 28.6 Å².